The zero-order valence-electron chi connectivity index (χ0n) is 13.8. The summed E-state index contributed by atoms with van der Waals surface area (Å²) in [7, 11) is 0. The molecule has 4 nitrogen and oxygen atoms in total. The van der Waals surface area contributed by atoms with Crippen LogP contribution in [0.4, 0.5) is 17.3 Å². The summed E-state index contributed by atoms with van der Waals surface area (Å²) in [4.78, 5) is 8.53. The van der Waals surface area contributed by atoms with E-state index in [-0.39, 0.29) is 0 Å². The molecule has 4 heteroatoms. The molecule has 1 aromatic heterocycles. The minimum atomic E-state index is 0.548. The SMILES string of the molecule is CCCCCNc1cc(Nc2ccc(C(C)C)cc2)ncn1. The largest absolute Gasteiger partial charge is 0.370 e. The molecule has 0 aliphatic rings. The molecule has 0 saturated heterocycles. The summed E-state index contributed by atoms with van der Waals surface area (Å²) in [6, 6.07) is 10.4. The van der Waals surface area contributed by atoms with Crippen molar-refractivity contribution in [2.75, 3.05) is 17.2 Å². The number of benzene rings is 1. The molecule has 22 heavy (non-hydrogen) atoms. The molecule has 118 valence electrons. The summed E-state index contributed by atoms with van der Waals surface area (Å²) in [5, 5.41) is 6.66. The van der Waals surface area contributed by atoms with E-state index in [4.69, 9.17) is 0 Å². The highest BCUT2D eigenvalue weighted by Gasteiger charge is 2.01. The summed E-state index contributed by atoms with van der Waals surface area (Å²) in [5.74, 6) is 2.23. The molecule has 0 bridgehead atoms. The van der Waals surface area contributed by atoms with E-state index in [0.717, 1.165) is 23.9 Å². The van der Waals surface area contributed by atoms with E-state index < -0.39 is 0 Å². The first-order valence-electron chi connectivity index (χ1n) is 8.12. The van der Waals surface area contributed by atoms with Crippen molar-refractivity contribution < 1.29 is 0 Å². The maximum Gasteiger partial charge on any atom is 0.135 e. The van der Waals surface area contributed by atoms with E-state index in [1.54, 1.807) is 6.33 Å². The molecule has 2 aromatic rings. The van der Waals surface area contributed by atoms with E-state index in [9.17, 15) is 0 Å². The Morgan fingerprint density at radius 2 is 1.73 bits per heavy atom. The number of nitrogens with one attached hydrogen (secondary N) is 2. The van der Waals surface area contributed by atoms with Gasteiger partial charge in [-0.1, -0.05) is 45.7 Å². The molecule has 0 amide bonds. The lowest BCUT2D eigenvalue weighted by atomic mass is 10.0. The molecule has 0 aliphatic carbocycles. The Kier molecular flexibility index (Phi) is 6.19. The van der Waals surface area contributed by atoms with E-state index in [1.807, 2.05) is 6.07 Å². The van der Waals surface area contributed by atoms with Gasteiger partial charge in [0.15, 0.2) is 0 Å². The lowest BCUT2D eigenvalue weighted by molar-refractivity contribution is 0.742. The Bertz CT molecular complexity index is 564. The third-order valence-electron chi connectivity index (χ3n) is 3.60. The lowest BCUT2D eigenvalue weighted by Gasteiger charge is -2.10. The number of anilines is 3. The van der Waals surface area contributed by atoms with Crippen LogP contribution in [0.2, 0.25) is 0 Å². The Hall–Kier alpha value is -2.10. The average molecular weight is 298 g/mol. The van der Waals surface area contributed by atoms with Crippen LogP contribution >= 0.6 is 0 Å². The van der Waals surface area contributed by atoms with Gasteiger partial charge in [0.25, 0.3) is 0 Å². The molecule has 2 N–H and O–H groups in total. The first kappa shape index (κ1) is 16.3. The first-order valence-corrected chi connectivity index (χ1v) is 8.12. The predicted molar refractivity (Wildman–Crippen MR) is 93.9 cm³/mol. The van der Waals surface area contributed by atoms with Gasteiger partial charge >= 0.3 is 0 Å². The van der Waals surface area contributed by atoms with Crippen molar-refractivity contribution in [3.63, 3.8) is 0 Å². The van der Waals surface area contributed by atoms with Crippen molar-refractivity contribution in [1.82, 2.24) is 9.97 Å². The Balaban J connectivity index is 1.94. The lowest BCUT2D eigenvalue weighted by Crippen LogP contribution is -2.04. The quantitative estimate of drug-likeness (QED) is 0.677. The summed E-state index contributed by atoms with van der Waals surface area (Å²) in [6.07, 6.45) is 5.23. The highest BCUT2D eigenvalue weighted by molar-refractivity contribution is 5.59. The van der Waals surface area contributed by atoms with Gasteiger partial charge in [0.2, 0.25) is 0 Å². The van der Waals surface area contributed by atoms with Gasteiger partial charge in [0, 0.05) is 18.3 Å². The van der Waals surface area contributed by atoms with Gasteiger partial charge in [-0.3, -0.25) is 0 Å². The van der Waals surface area contributed by atoms with Gasteiger partial charge in [-0.2, -0.15) is 0 Å². The zero-order chi connectivity index (χ0) is 15.8. The second-order valence-corrected chi connectivity index (χ2v) is 5.82. The Morgan fingerprint density at radius 1 is 1.00 bits per heavy atom. The first-order chi connectivity index (χ1) is 10.7. The molecular formula is C18H26N4. The fourth-order valence-electron chi connectivity index (χ4n) is 2.21. The fourth-order valence-corrected chi connectivity index (χ4v) is 2.21. The van der Waals surface area contributed by atoms with Gasteiger partial charge in [-0.05, 0) is 30.0 Å². The minimum absolute atomic E-state index is 0.548. The molecule has 0 unspecified atom stereocenters. The fraction of sp³-hybridized carbons (Fsp3) is 0.444. The third kappa shape index (κ3) is 5.02. The molecule has 0 spiro atoms. The monoisotopic (exact) mass is 298 g/mol. The molecule has 1 aromatic carbocycles. The highest BCUT2D eigenvalue weighted by Crippen LogP contribution is 2.20. The van der Waals surface area contributed by atoms with Gasteiger partial charge in [0.1, 0.15) is 18.0 Å². The van der Waals surface area contributed by atoms with Gasteiger partial charge in [-0.25, -0.2) is 9.97 Å². The van der Waals surface area contributed by atoms with Crippen molar-refractivity contribution in [3.8, 4) is 0 Å². The normalized spacial score (nSPS) is 10.7. The predicted octanol–water partition coefficient (Wildman–Crippen LogP) is 4.95. The van der Waals surface area contributed by atoms with E-state index >= 15 is 0 Å². The van der Waals surface area contributed by atoms with Gasteiger partial charge < -0.3 is 10.6 Å². The van der Waals surface area contributed by atoms with Crippen LogP contribution in [0, 0.1) is 0 Å². The smallest absolute Gasteiger partial charge is 0.135 e. The number of nitrogens with zero attached hydrogens (tertiary/aromatic N) is 2. The van der Waals surface area contributed by atoms with E-state index in [2.05, 4.69) is 65.6 Å². The van der Waals surface area contributed by atoms with Gasteiger partial charge in [-0.15, -0.1) is 0 Å². The summed E-state index contributed by atoms with van der Waals surface area (Å²) in [6.45, 7) is 7.55. The maximum atomic E-state index is 4.27. The van der Waals surface area contributed by atoms with Crippen LogP contribution in [-0.4, -0.2) is 16.5 Å². The van der Waals surface area contributed by atoms with Crippen molar-refractivity contribution in [2.24, 2.45) is 0 Å². The van der Waals surface area contributed by atoms with Crippen molar-refractivity contribution in [3.05, 3.63) is 42.2 Å². The van der Waals surface area contributed by atoms with E-state index in [0.29, 0.717) is 5.92 Å². The molecule has 0 fully saturated rings. The van der Waals surface area contributed by atoms with Crippen LogP contribution in [-0.2, 0) is 0 Å². The van der Waals surface area contributed by atoms with Gasteiger partial charge in [0.05, 0.1) is 0 Å². The minimum Gasteiger partial charge on any atom is -0.370 e. The van der Waals surface area contributed by atoms with Crippen LogP contribution in [0.1, 0.15) is 51.5 Å². The average Bonchev–Trinajstić information content (AvgIpc) is 2.52. The summed E-state index contributed by atoms with van der Waals surface area (Å²) >= 11 is 0. The number of hydrogen-bond acceptors (Lipinski definition) is 4. The zero-order valence-corrected chi connectivity index (χ0v) is 13.8. The van der Waals surface area contributed by atoms with Crippen LogP contribution in [0.3, 0.4) is 0 Å². The summed E-state index contributed by atoms with van der Waals surface area (Å²) < 4.78 is 0. The number of unbranched alkanes of at least 4 members (excludes halogenated alkanes) is 2. The van der Waals surface area contributed by atoms with Crippen molar-refractivity contribution in [2.45, 2.75) is 46.0 Å². The van der Waals surface area contributed by atoms with Crippen LogP contribution in [0.25, 0.3) is 0 Å². The van der Waals surface area contributed by atoms with Crippen LogP contribution < -0.4 is 10.6 Å². The molecule has 0 aliphatic heterocycles. The number of aromatic nitrogens is 2. The van der Waals surface area contributed by atoms with E-state index in [1.165, 1.54) is 24.8 Å². The molecule has 2 rings (SSSR count). The van der Waals surface area contributed by atoms with Crippen molar-refractivity contribution >= 4 is 17.3 Å². The second-order valence-electron chi connectivity index (χ2n) is 5.82. The van der Waals surface area contributed by atoms with Crippen LogP contribution in [0.5, 0.6) is 0 Å². The molecule has 0 radical (unpaired) electrons. The molecule has 0 saturated carbocycles. The van der Waals surface area contributed by atoms with Crippen molar-refractivity contribution in [1.29, 1.82) is 0 Å². The molecular weight excluding hydrogens is 272 g/mol. The highest BCUT2D eigenvalue weighted by atomic mass is 15.1. The third-order valence-corrected chi connectivity index (χ3v) is 3.60. The topological polar surface area (TPSA) is 49.8 Å². The second kappa shape index (κ2) is 8.37. The van der Waals surface area contributed by atoms with Crippen LogP contribution in [0.15, 0.2) is 36.7 Å². The number of hydrogen-bond donors (Lipinski definition) is 2. The standard InChI is InChI=1S/C18H26N4/c1-4-5-6-11-19-17-12-18(21-13-20-17)22-16-9-7-15(8-10-16)14(2)3/h7-10,12-14H,4-6,11H2,1-3H3,(H2,19,20,21,22). The molecule has 0 atom stereocenters. The Labute approximate surface area is 133 Å². The maximum absolute atomic E-state index is 4.27. The number of rotatable bonds is 8. The summed E-state index contributed by atoms with van der Waals surface area (Å²) in [5.41, 5.74) is 2.38. The Morgan fingerprint density at radius 3 is 2.41 bits per heavy atom. The molecule has 1 heterocycles.